The van der Waals surface area contributed by atoms with Crippen LogP contribution in [0.5, 0.6) is 0 Å². The molecule has 14 nitrogen and oxygen atoms in total. The number of para-hydroxylation sites is 12. The van der Waals surface area contributed by atoms with E-state index >= 15 is 0 Å². The summed E-state index contributed by atoms with van der Waals surface area (Å²) in [7, 11) is 0. The number of furan rings is 4. The average Bonchev–Trinajstić information content (AvgIpc) is 1.60. The van der Waals surface area contributed by atoms with E-state index < -0.39 is 0 Å². The molecule has 23 aromatic rings. The van der Waals surface area contributed by atoms with Crippen molar-refractivity contribution in [2.75, 3.05) is 39.2 Å². The van der Waals surface area contributed by atoms with E-state index in [0.717, 1.165) is 218 Å². The molecule has 0 atom stereocenters. The minimum atomic E-state index is 0. The largest absolute Gasteiger partial charge is 0.493 e. The number of hydrogen-bond donors (Lipinski definition) is 0. The molecule has 27 rings (SSSR count). The van der Waals surface area contributed by atoms with Gasteiger partial charge in [0.1, 0.15) is 56.3 Å². The molecule has 0 N–H and O–H groups in total. The van der Waals surface area contributed by atoms with Gasteiger partial charge in [-0.1, -0.05) is 188 Å². The van der Waals surface area contributed by atoms with Crippen molar-refractivity contribution in [3.8, 4) is 33.4 Å². The maximum absolute atomic E-state index is 6.25. The molecule has 6 aromatic heterocycles. The van der Waals surface area contributed by atoms with Gasteiger partial charge in [-0.15, -0.1) is 49.4 Å². The normalized spacial score (nSPS) is 12.7. The van der Waals surface area contributed by atoms with Gasteiger partial charge in [-0.25, -0.2) is 9.97 Å². The van der Waals surface area contributed by atoms with E-state index in [1.807, 2.05) is 164 Å². The fraction of sp³-hybridized carbons (Fsp3) is 0.00855. The molecule has 0 aliphatic carbocycles. The van der Waals surface area contributed by atoms with Crippen LogP contribution in [0.15, 0.2) is 437 Å². The first kappa shape index (κ1) is 88.2. The topological polar surface area (TPSA) is 104 Å². The Morgan fingerprint density at radius 3 is 0.911 bits per heavy atom. The summed E-state index contributed by atoms with van der Waals surface area (Å²) in [5.74, 6) is 1.75. The number of rotatable bonds is 11. The molecule has 10 heterocycles. The monoisotopic (exact) mass is 2460 g/mol. The number of anilines is 16. The molecule has 135 heavy (non-hydrogen) atoms. The van der Waals surface area contributed by atoms with Crippen molar-refractivity contribution >= 4 is 179 Å². The Balaban J connectivity index is 0.000000111. The SMILES string of the molecule is Cc1c(N2[CH-]N(c3[c-]cccc3)c3ccccc32)ccc2c1oc1ccccc12.[Ir].[Ir].[Ir].[Ir].[c-]1ccccc1N1[CH-]N(c2ccc3oc4ccccc4c3c2-c2ccccc2)c2ccccc21.[c-]1ccccc1N1[CH-]N(c2ccc3oc4ccccc4c3c2-c2ccccc2)c2cccnc21.[c-]1ccccc1N1[CH-]N(c2ccc3oc4ccccc4c3c2-c2ccccc2)c2ncccc21. The summed E-state index contributed by atoms with van der Waals surface area (Å²) in [4.78, 5) is 27.0. The van der Waals surface area contributed by atoms with Gasteiger partial charge < -0.3 is 56.9 Å². The first-order valence-corrected chi connectivity index (χ1v) is 43.5. The first-order chi connectivity index (χ1) is 65.0. The van der Waals surface area contributed by atoms with Crippen molar-refractivity contribution in [2.45, 2.75) is 6.92 Å². The second-order valence-corrected chi connectivity index (χ2v) is 32.2. The Morgan fingerprint density at radius 1 is 0.215 bits per heavy atom. The smallest absolute Gasteiger partial charge is 0.140 e. The zero-order chi connectivity index (χ0) is 86.8. The molecule has 0 spiro atoms. The number of nitrogens with zero attached hydrogens (tertiary/aromatic N) is 10. The Labute approximate surface area is 834 Å². The summed E-state index contributed by atoms with van der Waals surface area (Å²) >= 11 is 0. The molecule has 0 amide bonds. The van der Waals surface area contributed by atoms with Crippen LogP contribution in [-0.4, -0.2) is 9.97 Å². The summed E-state index contributed by atoms with van der Waals surface area (Å²) < 4.78 is 24.9. The van der Waals surface area contributed by atoms with Crippen LogP contribution in [0.2, 0.25) is 0 Å². The Morgan fingerprint density at radius 2 is 0.504 bits per heavy atom. The third kappa shape index (κ3) is 15.9. The third-order valence-electron chi connectivity index (χ3n) is 24.6. The van der Waals surface area contributed by atoms with E-state index in [2.05, 4.69) is 352 Å². The van der Waals surface area contributed by atoms with E-state index in [4.69, 9.17) is 27.6 Å². The standard InChI is InChI=1S/C31H20N2O.2C30H19N3O.C26H18N2O.4Ir/c1-3-11-22(12-4-1)30-27(19-20-29-31(30)24-15-7-10-18-28(24)34-29)33-21-32(23-13-5-2-6-14-23)25-16-8-9-17-26(25)33;1-3-10-21(11-4-1)28-24(17-18-27-29(28)23-14-7-8-16-26(23)34-27)33-20-32(22-12-5-2-6-13-22)30-25(33)15-9-19-31-30;1-3-10-21(11-4-1)28-24(17-18-27-29(28)23-14-7-8-16-26(23)34-27)33-20-32(22-12-5-2-6-13-22)25-15-9-19-31-30(25)33;1-18-22(16-15-21-20-11-5-8-14-25(20)29-26(18)21)28-17-27(19-9-3-2-4-10-19)23-12-6-7-13-24(23)28;;;;/h1-13,15-21H;2*1-12,14-20H;2-9,11-17H,1H3;;;;/q4*-2;;;;. The number of fused-ring (bicyclic) bond motifs is 16. The molecule has 18 heteroatoms. The van der Waals surface area contributed by atoms with Gasteiger partial charge in [-0.05, 0) is 145 Å². The summed E-state index contributed by atoms with van der Waals surface area (Å²) in [6.45, 7) is 10.6. The molecule has 0 fully saturated rings. The number of aromatic nitrogens is 2. The van der Waals surface area contributed by atoms with Gasteiger partial charge >= 0.3 is 0 Å². The van der Waals surface area contributed by atoms with Crippen LogP contribution in [-0.2, 0) is 80.4 Å². The molecule has 17 aromatic carbocycles. The van der Waals surface area contributed by atoms with E-state index in [9.17, 15) is 0 Å². The summed E-state index contributed by atoms with van der Waals surface area (Å²) in [5.41, 5.74) is 30.0. The molecule has 662 valence electrons. The summed E-state index contributed by atoms with van der Waals surface area (Å²) in [5, 5.41) is 9.00. The third-order valence-corrected chi connectivity index (χ3v) is 24.6. The zero-order valence-electron chi connectivity index (χ0n) is 72.1. The molecular weight excluding hydrogens is 2380 g/mol. The van der Waals surface area contributed by atoms with Gasteiger partial charge in [-0.2, -0.15) is 121 Å². The Kier molecular flexibility index (Phi) is 24.9. The van der Waals surface area contributed by atoms with Crippen LogP contribution < -0.4 is 39.2 Å². The Hall–Kier alpha value is -14.8. The minimum absolute atomic E-state index is 0. The van der Waals surface area contributed by atoms with Gasteiger partial charge in [0.05, 0.1) is 11.4 Å². The van der Waals surface area contributed by atoms with E-state index in [-0.39, 0.29) is 80.4 Å². The van der Waals surface area contributed by atoms with Gasteiger partial charge in [0.25, 0.3) is 0 Å². The Bertz CT molecular complexity index is 7630. The second-order valence-electron chi connectivity index (χ2n) is 32.2. The van der Waals surface area contributed by atoms with Crippen molar-refractivity contribution in [1.29, 1.82) is 0 Å². The van der Waals surface area contributed by atoms with Crippen molar-refractivity contribution in [3.05, 3.63) is 475 Å². The van der Waals surface area contributed by atoms with Crippen LogP contribution in [0, 0.1) is 57.9 Å². The minimum Gasteiger partial charge on any atom is -0.493 e. The van der Waals surface area contributed by atoms with E-state index in [1.165, 1.54) is 0 Å². The number of hydrogen-bond acceptors (Lipinski definition) is 14. The quantitative estimate of drug-likeness (QED) is 0.115. The average molecular weight is 2450 g/mol. The van der Waals surface area contributed by atoms with Crippen molar-refractivity contribution < 1.29 is 98.1 Å². The molecule has 4 aliphatic heterocycles. The van der Waals surface area contributed by atoms with Crippen LogP contribution in [0.4, 0.5) is 91.3 Å². The van der Waals surface area contributed by atoms with Crippen LogP contribution in [0.3, 0.4) is 0 Å². The fourth-order valence-electron chi connectivity index (χ4n) is 18.7. The van der Waals surface area contributed by atoms with Crippen LogP contribution in [0.25, 0.3) is 121 Å². The van der Waals surface area contributed by atoms with Gasteiger partial charge in [0.2, 0.25) is 0 Å². The molecule has 0 saturated heterocycles. The first-order valence-electron chi connectivity index (χ1n) is 43.5. The van der Waals surface area contributed by atoms with Crippen LogP contribution >= 0.6 is 0 Å². The molecule has 0 saturated carbocycles. The molecule has 0 bridgehead atoms. The van der Waals surface area contributed by atoms with Crippen molar-refractivity contribution in [3.63, 3.8) is 0 Å². The van der Waals surface area contributed by atoms with Gasteiger partial charge in [-0.3, -0.25) is 0 Å². The number of aryl methyl sites for hydroxylation is 1. The summed E-state index contributed by atoms with van der Waals surface area (Å²) in [6.07, 6.45) is 3.67. The molecular formula is C117H76Ir4N10O4-8. The molecule has 0 unspecified atom stereocenters. The molecule has 4 aliphatic rings. The second kappa shape index (κ2) is 38.1. The van der Waals surface area contributed by atoms with Crippen molar-refractivity contribution in [2.24, 2.45) is 0 Å². The summed E-state index contributed by atoms with van der Waals surface area (Å²) in [6, 6.07) is 152. The number of benzene rings is 17. The predicted molar refractivity (Wildman–Crippen MR) is 533 cm³/mol. The van der Waals surface area contributed by atoms with E-state index in [0.29, 0.717) is 0 Å². The number of pyridine rings is 2. The maximum Gasteiger partial charge on any atom is 0.140 e. The van der Waals surface area contributed by atoms with E-state index in [1.54, 1.807) is 0 Å². The van der Waals surface area contributed by atoms with Crippen molar-refractivity contribution in [1.82, 2.24) is 9.97 Å². The van der Waals surface area contributed by atoms with Gasteiger partial charge in [0, 0.05) is 204 Å². The maximum atomic E-state index is 6.25. The fourth-order valence-corrected chi connectivity index (χ4v) is 18.7. The molecule has 4 radical (unpaired) electrons. The van der Waals surface area contributed by atoms with Gasteiger partial charge in [0.15, 0.2) is 0 Å². The van der Waals surface area contributed by atoms with Crippen LogP contribution in [0.1, 0.15) is 5.56 Å². The zero-order valence-corrected chi connectivity index (χ0v) is 81.7. The predicted octanol–water partition coefficient (Wildman–Crippen LogP) is 31.3.